The van der Waals surface area contributed by atoms with E-state index < -0.39 is 10.1 Å². The molecule has 0 aromatic heterocycles. The van der Waals surface area contributed by atoms with E-state index in [0.29, 0.717) is 55.3 Å². The predicted octanol–water partition coefficient (Wildman–Crippen LogP) is 11.4. The molecule has 1 aliphatic heterocycles. The minimum Gasteiger partial charge on any atom is -0.508 e. The zero-order chi connectivity index (χ0) is 52.3. The van der Waals surface area contributed by atoms with E-state index in [1.165, 1.54) is 48.0 Å². The van der Waals surface area contributed by atoms with Crippen LogP contribution in [0.2, 0.25) is 0 Å². The monoisotopic (exact) mass is 1020 g/mol. The minimum atomic E-state index is -4.55. The van der Waals surface area contributed by atoms with Crippen LogP contribution in [0, 0.1) is 31.6 Å². The molecule has 390 valence electrons. The molecule has 2 saturated carbocycles. The quantitative estimate of drug-likeness (QED) is 0.0245. The smallest absolute Gasteiger partial charge is 0.342 e. The fraction of sp³-hybridized carbons (Fsp3) is 0.393. The number of benzene rings is 6. The number of anilines is 2. The number of nitrogens with zero attached hydrogens (tertiary/aromatic N) is 2. The topological polar surface area (TPSA) is 191 Å². The lowest BCUT2D eigenvalue weighted by molar-refractivity contribution is -0.129. The lowest BCUT2D eigenvalue weighted by atomic mass is 9.61. The average Bonchev–Trinajstić information content (AvgIpc) is 3.38. The molecule has 0 spiro atoms. The highest BCUT2D eigenvalue weighted by Gasteiger charge is 2.56. The van der Waals surface area contributed by atoms with Crippen molar-refractivity contribution in [3.05, 3.63) is 166 Å². The fourth-order valence-corrected chi connectivity index (χ4v) is 13.1. The molecule has 0 radical (unpaired) electrons. The van der Waals surface area contributed by atoms with Crippen LogP contribution in [0.1, 0.15) is 102 Å². The molecule has 3 aliphatic rings. The first-order chi connectivity index (χ1) is 35.5. The van der Waals surface area contributed by atoms with Crippen LogP contribution < -0.4 is 9.80 Å². The van der Waals surface area contributed by atoms with E-state index in [1.54, 1.807) is 24.3 Å². The van der Waals surface area contributed by atoms with Gasteiger partial charge in [-0.25, -0.2) is 0 Å². The van der Waals surface area contributed by atoms with Gasteiger partial charge in [0.05, 0.1) is 24.0 Å². The predicted molar refractivity (Wildman–Crippen MR) is 289 cm³/mol. The van der Waals surface area contributed by atoms with Crippen LogP contribution in [0.5, 0.6) is 34.5 Å². The Morgan fingerprint density at radius 2 is 1.03 bits per heavy atom. The molecule has 12 nitrogen and oxygen atoms in total. The van der Waals surface area contributed by atoms with Gasteiger partial charge in [-0.15, -0.1) is 0 Å². The highest BCUT2D eigenvalue weighted by Crippen LogP contribution is 2.54. The Morgan fingerprint density at radius 3 is 1.57 bits per heavy atom. The molecule has 74 heavy (non-hydrogen) atoms. The number of hydrogen-bond acceptors (Lipinski definition) is 11. The van der Waals surface area contributed by atoms with Gasteiger partial charge in [-0.1, -0.05) is 24.3 Å². The van der Waals surface area contributed by atoms with Crippen LogP contribution in [0.3, 0.4) is 0 Å². The second kappa shape index (κ2) is 22.5. The molecule has 6 unspecified atom stereocenters. The summed E-state index contributed by atoms with van der Waals surface area (Å²) in [6.45, 7) is 4.92. The van der Waals surface area contributed by atoms with Gasteiger partial charge >= 0.3 is 10.1 Å². The molecule has 9 rings (SSSR count). The Labute approximate surface area is 436 Å². The number of phenols is 6. The van der Waals surface area contributed by atoms with Gasteiger partial charge < -0.3 is 45.2 Å². The summed E-state index contributed by atoms with van der Waals surface area (Å²) < 4.78 is 44.4. The summed E-state index contributed by atoms with van der Waals surface area (Å²) in [5.74, 6) is 1.80. The summed E-state index contributed by atoms with van der Waals surface area (Å²) >= 11 is 0. The fourth-order valence-electron chi connectivity index (χ4n) is 12.4. The molecule has 6 aromatic carbocycles. The van der Waals surface area contributed by atoms with Gasteiger partial charge in [-0.2, -0.15) is 8.42 Å². The maximum Gasteiger partial charge on any atom is 0.342 e. The molecule has 2 aliphatic carbocycles. The third-order valence-corrected chi connectivity index (χ3v) is 17.1. The number of aromatic hydroxyl groups is 6. The van der Waals surface area contributed by atoms with Gasteiger partial charge in [-0.3, -0.25) is 4.55 Å². The SMILES string of the molecule is Cc1ccc(CCCc2cc(O)ccc2O)cc1N(C)C1CCC2[C+](c3ccccc3S(=O)(=O)O)C3CCC(N(CCCc4cc(O)ccc4O)c4cc(CCCc5cc(O)ccc5O)ccc4C)CC3OC2C1. The Balaban J connectivity index is 0.985. The van der Waals surface area contributed by atoms with Crippen LogP contribution in [-0.2, 0) is 47.0 Å². The zero-order valence-electron chi connectivity index (χ0n) is 42.7. The van der Waals surface area contributed by atoms with Crippen LogP contribution >= 0.6 is 0 Å². The molecule has 7 N–H and O–H groups in total. The largest absolute Gasteiger partial charge is 0.508 e. The lowest BCUT2D eigenvalue weighted by Crippen LogP contribution is -2.56. The zero-order valence-corrected chi connectivity index (χ0v) is 43.5. The van der Waals surface area contributed by atoms with E-state index in [1.807, 2.05) is 12.1 Å². The number of hydrogen-bond donors (Lipinski definition) is 7. The van der Waals surface area contributed by atoms with Crippen LogP contribution in [0.4, 0.5) is 11.4 Å². The molecule has 0 bridgehead atoms. The van der Waals surface area contributed by atoms with E-state index in [2.05, 4.69) is 67.1 Å². The number of fused-ring (bicyclic) bond motifs is 2. The van der Waals surface area contributed by atoms with E-state index in [-0.39, 0.29) is 75.5 Å². The van der Waals surface area contributed by atoms with Crippen molar-refractivity contribution in [3.63, 3.8) is 0 Å². The van der Waals surface area contributed by atoms with Gasteiger partial charge in [-0.05, 0) is 222 Å². The first-order valence-electron chi connectivity index (χ1n) is 26.3. The molecule has 6 atom stereocenters. The van der Waals surface area contributed by atoms with Crippen molar-refractivity contribution >= 4 is 21.5 Å². The van der Waals surface area contributed by atoms with Crippen molar-refractivity contribution in [2.24, 2.45) is 11.8 Å². The summed E-state index contributed by atoms with van der Waals surface area (Å²) in [5.41, 5.74) is 9.55. The molecule has 1 saturated heterocycles. The summed E-state index contributed by atoms with van der Waals surface area (Å²) in [7, 11) is -2.39. The maximum atomic E-state index is 13.1. The van der Waals surface area contributed by atoms with Crippen molar-refractivity contribution < 1.29 is 48.3 Å². The number of rotatable bonds is 18. The molecule has 0 amide bonds. The van der Waals surface area contributed by atoms with Crippen LogP contribution in [0.15, 0.2) is 120 Å². The first-order valence-corrected chi connectivity index (χ1v) is 27.7. The van der Waals surface area contributed by atoms with Crippen molar-refractivity contribution in [2.75, 3.05) is 23.4 Å². The molecular formula is C61H71N2O10S+. The van der Waals surface area contributed by atoms with E-state index in [0.717, 1.165) is 97.3 Å². The molecule has 3 fully saturated rings. The Hall–Kier alpha value is -6.54. The highest BCUT2D eigenvalue weighted by molar-refractivity contribution is 7.85. The van der Waals surface area contributed by atoms with Crippen LogP contribution in [-0.4, -0.2) is 81.5 Å². The van der Waals surface area contributed by atoms with E-state index >= 15 is 0 Å². The molecular weight excluding hydrogens is 953 g/mol. The van der Waals surface area contributed by atoms with E-state index in [9.17, 15) is 43.6 Å². The average molecular weight is 1020 g/mol. The second-order valence-corrected chi connectivity index (χ2v) is 22.5. The maximum absolute atomic E-state index is 13.1. The number of phenolic OH excluding ortho intramolecular Hbond substituents is 6. The van der Waals surface area contributed by atoms with Gasteiger partial charge in [0.2, 0.25) is 4.90 Å². The standard InChI is InChI=1S/C61H70N2O10S/c1-38-16-18-40(9-6-11-42-33-47(64)22-27-55(42)67)31-53(38)62(3)45-20-25-50-58(36-45)73-59-37-46(21-26-51(59)61(50)52-14-4-5-15-60(52)74(70,71)72)63(30-8-13-44-35-49(66)24-29-57(44)69)54-32-41(19-17-39(54)2)10-7-12-43-34-48(65)23-28-56(43)68/h4-5,14-19,22-24,27-29,31-35,45-46,50-51,58-59H,6-13,20-21,25-26,30,36-37H2,1-3H3,(H6-,64,65,66,67,68,69,70,71,72)/p+1. The Bertz CT molecular complexity index is 3050. The van der Waals surface area contributed by atoms with Gasteiger partial charge in [0.1, 0.15) is 34.5 Å². The molecule has 6 aromatic rings. The summed E-state index contributed by atoms with van der Waals surface area (Å²) in [4.78, 5) is 4.82. The van der Waals surface area contributed by atoms with Crippen LogP contribution in [0.25, 0.3) is 0 Å². The van der Waals surface area contributed by atoms with Gasteiger partial charge in [0.25, 0.3) is 0 Å². The van der Waals surface area contributed by atoms with Crippen molar-refractivity contribution in [1.29, 1.82) is 0 Å². The Morgan fingerprint density at radius 1 is 0.554 bits per heavy atom. The first kappa shape index (κ1) is 52.3. The summed E-state index contributed by atoms with van der Waals surface area (Å²) in [6.07, 6.45) is 9.78. The third-order valence-electron chi connectivity index (χ3n) is 16.2. The third kappa shape index (κ3) is 11.9. The number of ether oxygens (including phenoxy) is 1. The van der Waals surface area contributed by atoms with E-state index in [4.69, 9.17) is 4.74 Å². The molecule has 13 heteroatoms. The second-order valence-electron chi connectivity index (χ2n) is 21.1. The highest BCUT2D eigenvalue weighted by atomic mass is 32.2. The van der Waals surface area contributed by atoms with Gasteiger partial charge in [0, 0.05) is 55.1 Å². The van der Waals surface area contributed by atoms with Crippen molar-refractivity contribution in [3.8, 4) is 34.5 Å². The number of aryl methyl sites for hydroxylation is 7. The summed E-state index contributed by atoms with van der Waals surface area (Å²) in [5, 5.41) is 61.9. The molecule has 1 heterocycles. The van der Waals surface area contributed by atoms with Gasteiger partial charge in [0.15, 0.2) is 5.56 Å². The van der Waals surface area contributed by atoms with Crippen molar-refractivity contribution in [1.82, 2.24) is 0 Å². The van der Waals surface area contributed by atoms with Crippen molar-refractivity contribution in [2.45, 2.75) is 133 Å². The lowest BCUT2D eigenvalue weighted by Gasteiger charge is -2.52. The minimum absolute atomic E-state index is 0.0471. The Kier molecular flexibility index (Phi) is 15.9. The normalized spacial score (nSPS) is 20.7. The summed E-state index contributed by atoms with van der Waals surface area (Å²) in [6, 6.07) is 34.1.